The number of carbonyl (C=O) groups excluding carboxylic acids is 5. The Kier molecular flexibility index (Phi) is 12.3. The van der Waals surface area contributed by atoms with Gasteiger partial charge in [0.1, 0.15) is 5.78 Å². The molecular weight excluding hydrogens is 444 g/mol. The average molecular weight is 493 g/mol. The molecule has 3 amide bonds. The number of rotatable bonds is 15. The van der Waals surface area contributed by atoms with Crippen LogP contribution in [0.1, 0.15) is 93.9 Å². The molecule has 0 aromatic carbocycles. The highest BCUT2D eigenvalue weighted by Gasteiger charge is 2.39. The van der Waals surface area contributed by atoms with Gasteiger partial charge in [0.2, 0.25) is 17.7 Å². The lowest BCUT2D eigenvalue weighted by Crippen LogP contribution is -2.47. The third-order valence-corrected chi connectivity index (χ3v) is 7.29. The van der Waals surface area contributed by atoms with Gasteiger partial charge in [0, 0.05) is 50.6 Å². The molecule has 0 bridgehead atoms. The third-order valence-electron chi connectivity index (χ3n) is 7.29. The average Bonchev–Trinajstić information content (AvgIpc) is 3.04. The zero-order valence-corrected chi connectivity index (χ0v) is 23.4. The van der Waals surface area contributed by atoms with E-state index in [-0.39, 0.29) is 71.2 Å². The molecule has 7 heteroatoms. The lowest BCUT2D eigenvalue weighted by Gasteiger charge is -2.32. The number of carbonyl (C=O) groups is 5. The molecule has 0 aliphatic carbocycles. The van der Waals surface area contributed by atoms with Crippen LogP contribution in [0, 0.1) is 35.5 Å². The molecule has 0 N–H and O–H groups in total. The van der Waals surface area contributed by atoms with E-state index in [1.54, 1.807) is 11.9 Å². The van der Waals surface area contributed by atoms with E-state index >= 15 is 0 Å². The second-order valence-electron chi connectivity index (χ2n) is 11.5. The summed E-state index contributed by atoms with van der Waals surface area (Å²) in [6.45, 7) is 15.8. The standard InChI is InChI=1S/C28H48N2O5/c1-17(2)21(27(34)20(7)8)15-23(31)26(19(5)6)29(9)24(32)13-11-10-12-14-30-25(33)16-22(18(3)4)28(30)35/h17-22,26H,10-16H2,1-9H3/t21-,22?,26-/m0/s1. The normalized spacial score (nSPS) is 18.2. The summed E-state index contributed by atoms with van der Waals surface area (Å²) in [7, 11) is 1.67. The summed E-state index contributed by atoms with van der Waals surface area (Å²) in [5.41, 5.74) is 0. The number of hydrogen-bond donors (Lipinski definition) is 0. The first-order valence-corrected chi connectivity index (χ1v) is 13.4. The molecule has 0 aromatic heterocycles. The van der Waals surface area contributed by atoms with Gasteiger partial charge in [-0.3, -0.25) is 28.9 Å². The maximum atomic E-state index is 13.2. The van der Waals surface area contributed by atoms with Gasteiger partial charge in [-0.1, -0.05) is 61.8 Å². The number of likely N-dealkylation sites (tertiary alicyclic amines) is 1. The van der Waals surface area contributed by atoms with E-state index in [0.29, 0.717) is 32.2 Å². The maximum absolute atomic E-state index is 13.2. The van der Waals surface area contributed by atoms with Crippen LogP contribution in [0.3, 0.4) is 0 Å². The van der Waals surface area contributed by atoms with Crippen molar-refractivity contribution in [1.29, 1.82) is 0 Å². The van der Waals surface area contributed by atoms with Gasteiger partial charge in [-0.2, -0.15) is 0 Å². The summed E-state index contributed by atoms with van der Waals surface area (Å²) in [5.74, 6) is -0.751. The lowest BCUT2D eigenvalue weighted by molar-refractivity contribution is -0.141. The number of unbranched alkanes of at least 4 members (excludes halogenated alkanes) is 2. The van der Waals surface area contributed by atoms with Gasteiger partial charge in [-0.15, -0.1) is 0 Å². The van der Waals surface area contributed by atoms with Crippen LogP contribution in [0.25, 0.3) is 0 Å². The minimum Gasteiger partial charge on any atom is -0.335 e. The zero-order valence-electron chi connectivity index (χ0n) is 23.4. The molecule has 3 atom stereocenters. The van der Waals surface area contributed by atoms with E-state index in [9.17, 15) is 24.0 Å². The first-order chi connectivity index (χ1) is 16.2. The van der Waals surface area contributed by atoms with Crippen LogP contribution in [-0.4, -0.2) is 58.7 Å². The zero-order chi connectivity index (χ0) is 27.0. The Morgan fingerprint density at radius 3 is 1.97 bits per heavy atom. The van der Waals surface area contributed by atoms with Gasteiger partial charge in [0.05, 0.1) is 6.04 Å². The molecule has 0 saturated carbocycles. The summed E-state index contributed by atoms with van der Waals surface area (Å²) in [5, 5.41) is 0. The van der Waals surface area contributed by atoms with Gasteiger partial charge in [-0.05, 0) is 30.6 Å². The van der Waals surface area contributed by atoms with E-state index in [4.69, 9.17) is 0 Å². The number of ketones is 2. The quantitative estimate of drug-likeness (QED) is 0.248. The topological polar surface area (TPSA) is 91.8 Å². The summed E-state index contributed by atoms with van der Waals surface area (Å²) in [4.78, 5) is 66.2. The van der Waals surface area contributed by atoms with Crippen LogP contribution in [0.2, 0.25) is 0 Å². The van der Waals surface area contributed by atoms with Gasteiger partial charge in [0.15, 0.2) is 5.78 Å². The van der Waals surface area contributed by atoms with E-state index < -0.39 is 6.04 Å². The highest BCUT2D eigenvalue weighted by atomic mass is 16.2. The van der Waals surface area contributed by atoms with Crippen molar-refractivity contribution >= 4 is 29.3 Å². The number of Topliss-reactive ketones (excluding diaryl/α,β-unsaturated/α-hetero) is 2. The van der Waals surface area contributed by atoms with Crippen LogP contribution < -0.4 is 0 Å². The fourth-order valence-corrected chi connectivity index (χ4v) is 4.98. The number of nitrogens with zero attached hydrogens (tertiary/aromatic N) is 2. The number of amides is 3. The highest BCUT2D eigenvalue weighted by molar-refractivity contribution is 6.03. The van der Waals surface area contributed by atoms with Crippen LogP contribution >= 0.6 is 0 Å². The molecule has 7 nitrogen and oxygen atoms in total. The van der Waals surface area contributed by atoms with Crippen molar-refractivity contribution in [3.8, 4) is 0 Å². The Labute approximate surface area is 212 Å². The molecule has 0 radical (unpaired) electrons. The van der Waals surface area contributed by atoms with Gasteiger partial charge in [0.25, 0.3) is 0 Å². The molecule has 1 heterocycles. The van der Waals surface area contributed by atoms with Gasteiger partial charge in [-0.25, -0.2) is 0 Å². The van der Waals surface area contributed by atoms with Crippen molar-refractivity contribution in [2.75, 3.05) is 13.6 Å². The first kappa shape index (κ1) is 31.0. The molecule has 35 heavy (non-hydrogen) atoms. The third kappa shape index (κ3) is 8.53. The molecule has 0 spiro atoms. The fourth-order valence-electron chi connectivity index (χ4n) is 4.98. The number of imide groups is 1. The van der Waals surface area contributed by atoms with E-state index in [1.165, 1.54) is 4.90 Å². The molecular formula is C28H48N2O5. The summed E-state index contributed by atoms with van der Waals surface area (Å²) in [6.07, 6.45) is 2.78. The Morgan fingerprint density at radius 1 is 0.914 bits per heavy atom. The van der Waals surface area contributed by atoms with Crippen molar-refractivity contribution in [2.24, 2.45) is 35.5 Å². The highest BCUT2D eigenvalue weighted by Crippen LogP contribution is 2.27. The molecule has 0 aromatic rings. The molecule has 1 rings (SSSR count). The van der Waals surface area contributed by atoms with E-state index in [1.807, 2.05) is 55.4 Å². The first-order valence-electron chi connectivity index (χ1n) is 13.4. The van der Waals surface area contributed by atoms with E-state index in [2.05, 4.69) is 0 Å². The summed E-state index contributed by atoms with van der Waals surface area (Å²) < 4.78 is 0. The second kappa shape index (κ2) is 13.9. The van der Waals surface area contributed by atoms with Crippen LogP contribution in [0.15, 0.2) is 0 Å². The van der Waals surface area contributed by atoms with Crippen LogP contribution in [-0.2, 0) is 24.0 Å². The van der Waals surface area contributed by atoms with Crippen molar-refractivity contribution in [3.05, 3.63) is 0 Å². The smallest absolute Gasteiger partial charge is 0.233 e. The molecule has 1 aliphatic heterocycles. The van der Waals surface area contributed by atoms with E-state index in [0.717, 1.165) is 6.42 Å². The predicted octanol–water partition coefficient (Wildman–Crippen LogP) is 4.52. The van der Waals surface area contributed by atoms with Crippen LogP contribution in [0.5, 0.6) is 0 Å². The van der Waals surface area contributed by atoms with Crippen molar-refractivity contribution in [3.63, 3.8) is 0 Å². The van der Waals surface area contributed by atoms with Crippen LogP contribution in [0.4, 0.5) is 0 Å². The Hall–Kier alpha value is -2.05. The minimum absolute atomic E-state index is 0.0560. The predicted molar refractivity (Wildman–Crippen MR) is 137 cm³/mol. The number of likely N-dealkylation sites (N-methyl/N-ethyl adjacent to an activating group) is 1. The summed E-state index contributed by atoms with van der Waals surface area (Å²) in [6, 6.07) is -0.559. The summed E-state index contributed by atoms with van der Waals surface area (Å²) >= 11 is 0. The largest absolute Gasteiger partial charge is 0.335 e. The minimum atomic E-state index is -0.559. The Morgan fingerprint density at radius 2 is 1.51 bits per heavy atom. The van der Waals surface area contributed by atoms with Crippen molar-refractivity contribution in [1.82, 2.24) is 9.80 Å². The molecule has 1 unspecified atom stereocenters. The maximum Gasteiger partial charge on any atom is 0.233 e. The van der Waals surface area contributed by atoms with Crippen molar-refractivity contribution in [2.45, 2.75) is 100.0 Å². The lowest BCUT2D eigenvalue weighted by atomic mass is 9.80. The molecule has 1 fully saturated rings. The fraction of sp³-hybridized carbons (Fsp3) is 0.821. The van der Waals surface area contributed by atoms with Gasteiger partial charge >= 0.3 is 0 Å². The molecule has 1 saturated heterocycles. The SMILES string of the molecule is CC(C)C(=O)[C@@H](CC(=O)[C@H](C(C)C)N(C)C(=O)CCCCCN1C(=O)CC(C(C)C)C1=O)C(C)C. The van der Waals surface area contributed by atoms with Crippen molar-refractivity contribution < 1.29 is 24.0 Å². The molecule has 1 aliphatic rings. The monoisotopic (exact) mass is 492 g/mol. The Bertz CT molecular complexity index is 771. The molecule has 200 valence electrons. The number of hydrogen-bond acceptors (Lipinski definition) is 5. The van der Waals surface area contributed by atoms with Gasteiger partial charge < -0.3 is 4.90 Å². The second-order valence-corrected chi connectivity index (χ2v) is 11.5. The Balaban J connectivity index is 2.61.